The monoisotopic (exact) mass is 346 g/mol. The summed E-state index contributed by atoms with van der Waals surface area (Å²) in [5, 5.41) is 0. The average Bonchev–Trinajstić information content (AvgIpc) is 2.89. The van der Waals surface area contributed by atoms with Gasteiger partial charge >= 0.3 is 12.5 Å². The van der Waals surface area contributed by atoms with E-state index in [0.29, 0.717) is 11.1 Å². The van der Waals surface area contributed by atoms with Crippen LogP contribution < -0.4 is 4.74 Å². The van der Waals surface area contributed by atoms with E-state index < -0.39 is 24.0 Å². The van der Waals surface area contributed by atoms with Crippen molar-refractivity contribution in [2.75, 3.05) is 0 Å². The van der Waals surface area contributed by atoms with Gasteiger partial charge in [0.1, 0.15) is 17.1 Å². The van der Waals surface area contributed by atoms with Gasteiger partial charge in [0.05, 0.1) is 6.20 Å². The summed E-state index contributed by atoms with van der Waals surface area (Å²) in [5.74, 6) is -0.411. The first-order chi connectivity index (χ1) is 11.1. The molecule has 2 aromatic heterocycles. The van der Waals surface area contributed by atoms with E-state index in [0.717, 1.165) is 22.7 Å². The van der Waals surface area contributed by atoms with Crippen molar-refractivity contribution in [3.8, 4) is 16.9 Å². The van der Waals surface area contributed by atoms with Gasteiger partial charge in [-0.1, -0.05) is 12.1 Å². The van der Waals surface area contributed by atoms with Crippen LogP contribution in [0.15, 0.2) is 48.8 Å². The molecule has 0 spiro atoms. The third kappa shape index (κ3) is 3.29. The van der Waals surface area contributed by atoms with Crippen LogP contribution in [0.4, 0.5) is 26.3 Å². The molecule has 0 aliphatic rings. The third-order valence-corrected chi connectivity index (χ3v) is 3.22. The van der Waals surface area contributed by atoms with Crippen LogP contribution >= 0.6 is 0 Å². The summed E-state index contributed by atoms with van der Waals surface area (Å²) in [7, 11) is 0. The van der Waals surface area contributed by atoms with Crippen molar-refractivity contribution in [3.63, 3.8) is 0 Å². The zero-order valence-corrected chi connectivity index (χ0v) is 11.7. The van der Waals surface area contributed by atoms with Crippen molar-refractivity contribution in [2.24, 2.45) is 0 Å². The lowest BCUT2D eigenvalue weighted by Crippen LogP contribution is -2.16. The summed E-state index contributed by atoms with van der Waals surface area (Å²) in [5.41, 5.74) is 0.0114. The molecule has 3 rings (SSSR count). The molecule has 0 unspecified atom stereocenters. The minimum atomic E-state index is -4.81. The Balaban J connectivity index is 1.97. The van der Waals surface area contributed by atoms with Crippen LogP contribution in [0.2, 0.25) is 0 Å². The summed E-state index contributed by atoms with van der Waals surface area (Å²) < 4.78 is 79.7. The van der Waals surface area contributed by atoms with Gasteiger partial charge < -0.3 is 4.74 Å². The van der Waals surface area contributed by atoms with Gasteiger partial charge in [-0.15, -0.1) is 13.2 Å². The van der Waals surface area contributed by atoms with Crippen LogP contribution in [0.1, 0.15) is 5.69 Å². The molecule has 0 N–H and O–H groups in total. The second kappa shape index (κ2) is 5.43. The molecule has 3 nitrogen and oxygen atoms in total. The molecular weight excluding hydrogens is 338 g/mol. The van der Waals surface area contributed by atoms with Crippen molar-refractivity contribution >= 4 is 5.65 Å². The van der Waals surface area contributed by atoms with Gasteiger partial charge in [0, 0.05) is 6.20 Å². The maximum atomic E-state index is 12.9. The second-order valence-electron chi connectivity index (χ2n) is 4.86. The lowest BCUT2D eigenvalue weighted by molar-refractivity contribution is -0.274. The van der Waals surface area contributed by atoms with Crippen molar-refractivity contribution in [1.82, 2.24) is 9.38 Å². The summed E-state index contributed by atoms with van der Waals surface area (Å²) in [4.78, 5) is 3.67. The molecule has 24 heavy (non-hydrogen) atoms. The van der Waals surface area contributed by atoms with Crippen molar-refractivity contribution in [1.29, 1.82) is 0 Å². The predicted molar refractivity (Wildman–Crippen MR) is 72.3 cm³/mol. The number of halogens is 6. The Labute approximate surface area is 131 Å². The van der Waals surface area contributed by atoms with E-state index >= 15 is 0 Å². The molecule has 0 bridgehead atoms. The van der Waals surface area contributed by atoms with Gasteiger partial charge in [-0.2, -0.15) is 13.2 Å². The van der Waals surface area contributed by atoms with Gasteiger partial charge in [-0.3, -0.25) is 4.40 Å². The molecule has 0 saturated carbocycles. The number of pyridine rings is 1. The average molecular weight is 346 g/mol. The molecule has 3 aromatic rings. The standard InChI is InChI=1S/C15H8F6N2O/c16-14(17,18)12-7-22-13-6-3-10(8-23(12)13)9-1-4-11(5-2-9)24-15(19,20)21/h1-8H. The normalized spacial score (nSPS) is 12.6. The largest absolute Gasteiger partial charge is 0.573 e. The quantitative estimate of drug-likeness (QED) is 0.616. The second-order valence-corrected chi connectivity index (χ2v) is 4.86. The summed E-state index contributed by atoms with van der Waals surface area (Å²) in [6.07, 6.45) is -7.43. The number of hydrogen-bond acceptors (Lipinski definition) is 2. The fourth-order valence-corrected chi connectivity index (χ4v) is 2.21. The topological polar surface area (TPSA) is 26.5 Å². The number of benzene rings is 1. The lowest BCUT2D eigenvalue weighted by atomic mass is 10.1. The SMILES string of the molecule is FC(F)(F)Oc1ccc(-c2ccc3ncc(C(F)(F)F)n3c2)cc1. The van der Waals surface area contributed by atoms with Crippen LogP contribution in [0.3, 0.4) is 0 Å². The molecule has 9 heteroatoms. The van der Waals surface area contributed by atoms with Crippen LogP contribution in [0.5, 0.6) is 5.75 Å². The molecular formula is C15H8F6N2O. The van der Waals surface area contributed by atoms with Crippen LogP contribution in [0, 0.1) is 0 Å². The number of fused-ring (bicyclic) bond motifs is 1. The van der Waals surface area contributed by atoms with E-state index in [9.17, 15) is 26.3 Å². The summed E-state index contributed by atoms with van der Waals surface area (Å²) in [6, 6.07) is 7.75. The minimum Gasteiger partial charge on any atom is -0.406 e. The Morgan fingerprint density at radius 3 is 2.04 bits per heavy atom. The van der Waals surface area contributed by atoms with Gasteiger partial charge in [0.25, 0.3) is 0 Å². The first kappa shape index (κ1) is 16.2. The molecule has 126 valence electrons. The number of imidazole rings is 1. The van der Waals surface area contributed by atoms with Crippen LogP contribution in [-0.4, -0.2) is 15.7 Å². The van der Waals surface area contributed by atoms with Crippen LogP contribution in [0.25, 0.3) is 16.8 Å². The van der Waals surface area contributed by atoms with E-state index in [2.05, 4.69) is 9.72 Å². The van der Waals surface area contributed by atoms with Gasteiger partial charge in [0.2, 0.25) is 0 Å². The Kier molecular flexibility index (Phi) is 3.66. The predicted octanol–water partition coefficient (Wildman–Crippen LogP) is 4.92. The number of ether oxygens (including phenoxy) is 1. The maximum Gasteiger partial charge on any atom is 0.573 e. The van der Waals surface area contributed by atoms with Gasteiger partial charge in [-0.25, -0.2) is 4.98 Å². The summed E-state index contributed by atoms with van der Waals surface area (Å²) in [6.45, 7) is 0. The minimum absolute atomic E-state index is 0.114. The first-order valence-corrected chi connectivity index (χ1v) is 6.54. The fraction of sp³-hybridized carbons (Fsp3) is 0.133. The van der Waals surface area contributed by atoms with E-state index in [-0.39, 0.29) is 5.65 Å². The molecule has 0 aliphatic carbocycles. The van der Waals surface area contributed by atoms with Crippen LogP contribution in [-0.2, 0) is 6.18 Å². The Morgan fingerprint density at radius 2 is 1.46 bits per heavy atom. The zero-order chi connectivity index (χ0) is 17.5. The molecule has 0 atom stereocenters. The highest BCUT2D eigenvalue weighted by atomic mass is 19.4. The smallest absolute Gasteiger partial charge is 0.406 e. The van der Waals surface area contributed by atoms with Crippen molar-refractivity contribution in [2.45, 2.75) is 12.5 Å². The molecule has 0 radical (unpaired) electrons. The van der Waals surface area contributed by atoms with Crippen molar-refractivity contribution in [3.05, 3.63) is 54.5 Å². The van der Waals surface area contributed by atoms with Crippen molar-refractivity contribution < 1.29 is 31.1 Å². The fourth-order valence-electron chi connectivity index (χ4n) is 2.21. The molecule has 1 aromatic carbocycles. The zero-order valence-electron chi connectivity index (χ0n) is 11.7. The lowest BCUT2D eigenvalue weighted by Gasteiger charge is -2.10. The Hall–Kier alpha value is -2.71. The highest BCUT2D eigenvalue weighted by molar-refractivity contribution is 5.65. The van der Waals surface area contributed by atoms with E-state index in [1.54, 1.807) is 0 Å². The summed E-state index contributed by atoms with van der Waals surface area (Å²) >= 11 is 0. The molecule has 2 heterocycles. The highest BCUT2D eigenvalue weighted by Crippen LogP contribution is 2.31. The third-order valence-electron chi connectivity index (χ3n) is 3.22. The number of aromatic nitrogens is 2. The molecule has 0 aliphatic heterocycles. The molecule has 0 amide bonds. The maximum absolute atomic E-state index is 12.9. The Morgan fingerprint density at radius 1 is 0.833 bits per heavy atom. The van der Waals surface area contributed by atoms with E-state index in [1.807, 2.05) is 0 Å². The molecule has 0 saturated heterocycles. The first-order valence-electron chi connectivity index (χ1n) is 6.54. The number of hydrogen-bond donors (Lipinski definition) is 0. The van der Waals surface area contributed by atoms with E-state index in [1.165, 1.54) is 30.5 Å². The van der Waals surface area contributed by atoms with Gasteiger partial charge in [0.15, 0.2) is 0 Å². The number of rotatable bonds is 2. The number of nitrogens with zero attached hydrogens (tertiary/aromatic N) is 2. The van der Waals surface area contributed by atoms with Gasteiger partial charge in [-0.05, 0) is 35.4 Å². The molecule has 0 fully saturated rings. The Bertz CT molecular complexity index is 864. The number of alkyl halides is 6. The van der Waals surface area contributed by atoms with E-state index in [4.69, 9.17) is 0 Å². The highest BCUT2D eigenvalue weighted by Gasteiger charge is 2.34.